The van der Waals surface area contributed by atoms with E-state index < -0.39 is 23.6 Å². The molecule has 2 aromatic rings. The number of amides is 1. The topological polar surface area (TPSA) is 68.2 Å². The number of ether oxygens (including phenoxy) is 2. The summed E-state index contributed by atoms with van der Waals surface area (Å²) in [6.45, 7) is 3.25. The number of esters is 1. The Labute approximate surface area is 176 Å². The third-order valence-corrected chi connectivity index (χ3v) is 4.49. The highest BCUT2D eigenvalue weighted by Crippen LogP contribution is 2.34. The minimum absolute atomic E-state index is 0.0157. The highest BCUT2D eigenvalue weighted by molar-refractivity contribution is 6.32. The van der Waals surface area contributed by atoms with E-state index in [1.54, 1.807) is 32.1 Å². The molecule has 1 amide bonds. The molecule has 2 aromatic carbocycles. The van der Waals surface area contributed by atoms with Crippen molar-refractivity contribution in [3.8, 4) is 11.5 Å². The maximum absolute atomic E-state index is 13.0. The van der Waals surface area contributed by atoms with Crippen molar-refractivity contribution in [2.24, 2.45) is 5.10 Å². The smallest absolute Gasteiger partial charge is 0.416 e. The van der Waals surface area contributed by atoms with Crippen molar-refractivity contribution in [1.82, 2.24) is 0 Å². The van der Waals surface area contributed by atoms with Gasteiger partial charge in [-0.25, -0.2) is 0 Å². The predicted octanol–water partition coefficient (Wildman–Crippen LogP) is 4.84. The third kappa shape index (κ3) is 4.76. The molecule has 6 nitrogen and oxygen atoms in total. The monoisotopic (exact) mass is 432 g/mol. The molecule has 3 rings (SSSR count). The van der Waals surface area contributed by atoms with Crippen molar-refractivity contribution in [1.29, 1.82) is 0 Å². The van der Waals surface area contributed by atoms with Gasteiger partial charge in [-0.2, -0.15) is 23.3 Å². The largest absolute Gasteiger partial charge is 0.493 e. The standard InChI is InChI=1S/C22H19F3N2O4/c1-4-20(28)31-18-9-8-14(11-19(18)30-3)10-17-13(2)26-27(21(17)29)16-7-5-6-15(12-16)22(23,24)25/h5-12H,4H2,1-3H3. The summed E-state index contributed by atoms with van der Waals surface area (Å²) in [5.41, 5.74) is 0.282. The highest BCUT2D eigenvalue weighted by atomic mass is 19.4. The molecule has 0 saturated heterocycles. The van der Waals surface area contributed by atoms with Gasteiger partial charge in [-0.05, 0) is 48.9 Å². The predicted molar refractivity (Wildman–Crippen MR) is 109 cm³/mol. The van der Waals surface area contributed by atoms with Crippen LogP contribution in [0.25, 0.3) is 6.08 Å². The van der Waals surface area contributed by atoms with Crippen molar-refractivity contribution in [3.63, 3.8) is 0 Å². The first-order valence-electron chi connectivity index (χ1n) is 9.31. The summed E-state index contributed by atoms with van der Waals surface area (Å²) < 4.78 is 49.5. The molecule has 1 aliphatic rings. The van der Waals surface area contributed by atoms with Gasteiger partial charge in [0.2, 0.25) is 0 Å². The van der Waals surface area contributed by atoms with Crippen molar-refractivity contribution in [2.75, 3.05) is 12.1 Å². The normalized spacial score (nSPS) is 15.3. The van der Waals surface area contributed by atoms with Gasteiger partial charge in [0.05, 0.1) is 29.6 Å². The van der Waals surface area contributed by atoms with Gasteiger partial charge in [-0.15, -0.1) is 0 Å². The van der Waals surface area contributed by atoms with E-state index in [0.717, 1.165) is 17.1 Å². The molecular formula is C22H19F3N2O4. The van der Waals surface area contributed by atoms with E-state index in [-0.39, 0.29) is 23.4 Å². The van der Waals surface area contributed by atoms with E-state index in [0.29, 0.717) is 17.0 Å². The number of hydrogen-bond donors (Lipinski definition) is 0. The molecule has 162 valence electrons. The number of rotatable bonds is 5. The maximum Gasteiger partial charge on any atom is 0.416 e. The lowest BCUT2D eigenvalue weighted by Crippen LogP contribution is -2.21. The van der Waals surface area contributed by atoms with Gasteiger partial charge in [0.15, 0.2) is 11.5 Å². The minimum atomic E-state index is -4.53. The first-order chi connectivity index (χ1) is 14.6. The molecule has 0 N–H and O–H groups in total. The molecule has 31 heavy (non-hydrogen) atoms. The van der Waals surface area contributed by atoms with Crippen LogP contribution in [-0.4, -0.2) is 24.7 Å². The van der Waals surface area contributed by atoms with Crippen LogP contribution in [0.1, 0.15) is 31.4 Å². The average molecular weight is 432 g/mol. The number of nitrogens with zero attached hydrogens (tertiary/aromatic N) is 2. The molecule has 0 radical (unpaired) electrons. The second-order valence-electron chi connectivity index (χ2n) is 6.65. The number of alkyl halides is 3. The molecular weight excluding hydrogens is 413 g/mol. The fourth-order valence-electron chi connectivity index (χ4n) is 2.89. The van der Waals surface area contributed by atoms with Gasteiger partial charge in [-0.1, -0.05) is 19.1 Å². The van der Waals surface area contributed by atoms with Crippen LogP contribution in [0.2, 0.25) is 0 Å². The summed E-state index contributed by atoms with van der Waals surface area (Å²) >= 11 is 0. The van der Waals surface area contributed by atoms with Crippen molar-refractivity contribution in [3.05, 3.63) is 59.2 Å². The molecule has 0 fully saturated rings. The van der Waals surface area contributed by atoms with Crippen LogP contribution in [0.3, 0.4) is 0 Å². The molecule has 0 saturated carbocycles. The van der Waals surface area contributed by atoms with E-state index in [4.69, 9.17) is 9.47 Å². The lowest BCUT2D eigenvalue weighted by molar-refractivity contribution is -0.137. The number of carbonyl (C=O) groups is 2. The molecule has 0 spiro atoms. The summed E-state index contributed by atoms with van der Waals surface area (Å²) in [6.07, 6.45) is -2.79. The average Bonchev–Trinajstić information content (AvgIpc) is 3.02. The molecule has 1 aliphatic heterocycles. The zero-order valence-corrected chi connectivity index (χ0v) is 17.0. The Hall–Kier alpha value is -3.62. The Kier molecular flexibility index (Phi) is 6.14. The van der Waals surface area contributed by atoms with Gasteiger partial charge in [0.25, 0.3) is 5.91 Å². The summed E-state index contributed by atoms with van der Waals surface area (Å²) in [5, 5.41) is 5.05. The lowest BCUT2D eigenvalue weighted by atomic mass is 10.1. The molecule has 0 bridgehead atoms. The van der Waals surface area contributed by atoms with Crippen LogP contribution >= 0.6 is 0 Å². The summed E-state index contributed by atoms with van der Waals surface area (Å²) in [7, 11) is 1.42. The minimum Gasteiger partial charge on any atom is -0.493 e. The van der Waals surface area contributed by atoms with Crippen molar-refractivity contribution in [2.45, 2.75) is 26.4 Å². The summed E-state index contributed by atoms with van der Waals surface area (Å²) in [5.74, 6) is -0.441. The van der Waals surface area contributed by atoms with E-state index in [1.165, 1.54) is 25.3 Å². The van der Waals surface area contributed by atoms with Crippen LogP contribution in [0.4, 0.5) is 18.9 Å². The zero-order valence-electron chi connectivity index (χ0n) is 17.0. The number of methoxy groups -OCH3 is 1. The Morgan fingerprint density at radius 1 is 1.16 bits per heavy atom. The fraction of sp³-hybridized carbons (Fsp3) is 0.227. The molecule has 9 heteroatoms. The van der Waals surface area contributed by atoms with Crippen LogP contribution < -0.4 is 14.5 Å². The van der Waals surface area contributed by atoms with Crippen LogP contribution in [0.15, 0.2) is 53.1 Å². The van der Waals surface area contributed by atoms with E-state index in [2.05, 4.69) is 5.10 Å². The van der Waals surface area contributed by atoms with E-state index in [9.17, 15) is 22.8 Å². The number of benzene rings is 2. The number of carbonyl (C=O) groups excluding carboxylic acids is 2. The Balaban J connectivity index is 1.91. The first kappa shape index (κ1) is 22.1. The number of anilines is 1. The van der Waals surface area contributed by atoms with Gasteiger partial charge < -0.3 is 9.47 Å². The van der Waals surface area contributed by atoms with E-state index in [1.807, 2.05) is 0 Å². The number of hydrogen-bond acceptors (Lipinski definition) is 5. The van der Waals surface area contributed by atoms with Crippen molar-refractivity contribution < 1.29 is 32.2 Å². The highest BCUT2D eigenvalue weighted by Gasteiger charge is 2.33. The quantitative estimate of drug-likeness (QED) is 0.385. The molecule has 0 aliphatic carbocycles. The second-order valence-corrected chi connectivity index (χ2v) is 6.65. The van der Waals surface area contributed by atoms with Crippen LogP contribution in [0, 0.1) is 0 Å². The molecule has 0 unspecified atom stereocenters. The van der Waals surface area contributed by atoms with Gasteiger partial charge in [-0.3, -0.25) is 9.59 Å². The Morgan fingerprint density at radius 3 is 2.55 bits per heavy atom. The van der Waals surface area contributed by atoms with Gasteiger partial charge >= 0.3 is 12.1 Å². The molecule has 1 heterocycles. The first-order valence-corrected chi connectivity index (χ1v) is 9.31. The fourth-order valence-corrected chi connectivity index (χ4v) is 2.89. The zero-order chi connectivity index (χ0) is 22.8. The second kappa shape index (κ2) is 8.63. The van der Waals surface area contributed by atoms with Crippen molar-refractivity contribution >= 4 is 29.4 Å². The van der Waals surface area contributed by atoms with Crippen LogP contribution in [0.5, 0.6) is 11.5 Å². The summed E-state index contributed by atoms with van der Waals surface area (Å²) in [4.78, 5) is 24.4. The lowest BCUT2D eigenvalue weighted by Gasteiger charge is -2.14. The number of hydrazone groups is 1. The Bertz CT molecular complexity index is 1090. The summed E-state index contributed by atoms with van der Waals surface area (Å²) in [6, 6.07) is 9.15. The number of halogens is 3. The molecule has 0 atom stereocenters. The SMILES string of the molecule is CCC(=O)Oc1ccc(C=C2C(=O)N(c3cccc(C(F)(F)F)c3)N=C2C)cc1OC. The van der Waals surface area contributed by atoms with Gasteiger partial charge in [0, 0.05) is 6.42 Å². The Morgan fingerprint density at radius 2 is 1.90 bits per heavy atom. The maximum atomic E-state index is 13.0. The van der Waals surface area contributed by atoms with Gasteiger partial charge in [0.1, 0.15) is 0 Å². The molecule has 0 aromatic heterocycles. The van der Waals surface area contributed by atoms with Crippen LogP contribution in [-0.2, 0) is 15.8 Å². The third-order valence-electron chi connectivity index (χ3n) is 4.49. The van der Waals surface area contributed by atoms with E-state index >= 15 is 0 Å².